The van der Waals surface area contributed by atoms with Crippen LogP contribution in [0, 0.1) is 0 Å². The van der Waals surface area contributed by atoms with Gasteiger partial charge in [0.25, 0.3) is 17.9 Å². The van der Waals surface area contributed by atoms with Gasteiger partial charge in [-0.1, -0.05) is 48.5 Å². The second-order valence-electron chi connectivity index (χ2n) is 11.8. The minimum Gasteiger partial charge on any atom is -0.550 e. The molecule has 0 spiro atoms. The Hall–Kier alpha value is -4.67. The molecule has 4 rings (SSSR count). The van der Waals surface area contributed by atoms with E-state index in [1.807, 2.05) is 0 Å². The van der Waals surface area contributed by atoms with Gasteiger partial charge in [-0.15, -0.1) is 0 Å². The normalized spacial score (nSPS) is 12.6. The molecule has 54 heavy (non-hydrogen) atoms. The number of aliphatic carboxylic acids is 1. The Morgan fingerprint density at radius 3 is 0.870 bits per heavy atom. The summed E-state index contributed by atoms with van der Waals surface area (Å²) in [5.41, 5.74) is 25.8. The molecule has 0 aliphatic rings. The molecule has 0 radical (unpaired) electrons. The summed E-state index contributed by atoms with van der Waals surface area (Å²) < 4.78 is 15.7. The van der Waals surface area contributed by atoms with Crippen molar-refractivity contribution in [3.63, 3.8) is 0 Å². The number of carbonyl (C=O) groups excluding carboxylic acids is 4. The molecule has 280 valence electrons. The standard InChI is InChI=1S/4C9H11NO3.Al.Na/c4*10-8(9(12)13)5-6-1-3-7(11)4-2-6;;/h4*1-4,8,11H,5,10H2,(H,12,13);;/q;;;;+3;+1/p-4/t4*8-;;/m0000../s1. The summed E-state index contributed by atoms with van der Waals surface area (Å²) >= 11 is -3.83. The number of carbonyl (C=O) groups is 4. The van der Waals surface area contributed by atoms with E-state index in [1.165, 1.54) is 48.5 Å². The zero-order valence-corrected chi connectivity index (χ0v) is 32.5. The van der Waals surface area contributed by atoms with E-state index in [2.05, 4.69) is 0 Å². The fourth-order valence-corrected chi connectivity index (χ4v) is 5.73. The molecule has 16 nitrogen and oxygen atoms in total. The summed E-state index contributed by atoms with van der Waals surface area (Å²) in [6.45, 7) is 0. The van der Waals surface area contributed by atoms with E-state index >= 15 is 0 Å². The summed E-state index contributed by atoms with van der Waals surface area (Å²) in [7, 11) is 0. The van der Waals surface area contributed by atoms with E-state index in [0.717, 1.165) is 5.56 Å². The molecule has 0 bridgehead atoms. The van der Waals surface area contributed by atoms with Crippen molar-refractivity contribution in [3.8, 4) is 23.0 Å². The van der Waals surface area contributed by atoms with Crippen molar-refractivity contribution in [3.05, 3.63) is 119 Å². The first kappa shape index (κ1) is 45.5. The number of hydrogen-bond donors (Lipinski definition) is 8. The molecule has 0 fully saturated rings. The first-order valence-corrected chi connectivity index (χ1v) is 17.5. The average Bonchev–Trinajstić information content (AvgIpc) is 3.12. The molecule has 0 aliphatic heterocycles. The maximum Gasteiger partial charge on any atom is 1.20 e. The smallest absolute Gasteiger partial charge is 0.550 e. The number of phenols is 4. The summed E-state index contributed by atoms with van der Waals surface area (Å²) in [5, 5.41) is 47.5. The van der Waals surface area contributed by atoms with Gasteiger partial charge in [-0.05, 0) is 96.5 Å². The van der Waals surface area contributed by atoms with Crippen LogP contribution < -0.4 is 57.6 Å². The van der Waals surface area contributed by atoms with E-state index in [-0.39, 0.29) is 78.2 Å². The van der Waals surface area contributed by atoms with Crippen LogP contribution in [0.1, 0.15) is 22.3 Å². The largest absolute Gasteiger partial charge is 1.20 e. The molecule has 18 heteroatoms. The number of rotatable bonds is 15. The monoisotopic (exact) mass is 770 g/mol. The van der Waals surface area contributed by atoms with Gasteiger partial charge in [-0.3, -0.25) is 14.4 Å². The fourth-order valence-electron chi connectivity index (χ4n) is 4.50. The number of benzene rings is 4. The Morgan fingerprint density at radius 1 is 0.463 bits per heavy atom. The van der Waals surface area contributed by atoms with Crippen molar-refractivity contribution in [2.45, 2.75) is 49.9 Å². The Bertz CT molecular complexity index is 1640. The first-order chi connectivity index (χ1) is 25.1. The van der Waals surface area contributed by atoms with Crippen LogP contribution in [0.15, 0.2) is 97.1 Å². The maximum absolute atomic E-state index is 12.7. The number of nitrogens with two attached hydrogens (primary N) is 4. The van der Waals surface area contributed by atoms with Crippen LogP contribution in [0.2, 0.25) is 0 Å². The van der Waals surface area contributed by atoms with Crippen LogP contribution in [0.5, 0.6) is 23.0 Å². The van der Waals surface area contributed by atoms with Gasteiger partial charge in [0.1, 0.15) is 41.1 Å². The van der Waals surface area contributed by atoms with Crippen molar-refractivity contribution in [2.24, 2.45) is 22.9 Å². The predicted octanol–water partition coefficient (Wildman–Crippen LogP) is -3.56. The Balaban J connectivity index is 0.000000608. The molecule has 0 unspecified atom stereocenters. The second-order valence-corrected chi connectivity index (χ2v) is 13.1. The van der Waals surface area contributed by atoms with Gasteiger partial charge in [0.05, 0.1) is 5.97 Å². The van der Waals surface area contributed by atoms with Crippen LogP contribution in [0.3, 0.4) is 0 Å². The van der Waals surface area contributed by atoms with Gasteiger partial charge in [-0.2, -0.15) is 0 Å². The number of phenolic OH excluding ortho intramolecular Hbond substituents is 4. The average molecular weight is 771 g/mol. The molecule has 0 aliphatic carbocycles. The summed E-state index contributed by atoms with van der Waals surface area (Å²) in [5.74, 6) is -3.95. The molecule has 0 saturated heterocycles. The van der Waals surface area contributed by atoms with E-state index in [0.29, 0.717) is 16.7 Å². The summed E-state index contributed by atoms with van der Waals surface area (Å²) in [4.78, 5) is 48.4. The van der Waals surface area contributed by atoms with Crippen molar-refractivity contribution < 1.29 is 85.6 Å². The third-order valence-electron chi connectivity index (χ3n) is 7.42. The van der Waals surface area contributed by atoms with Crippen LogP contribution in [-0.4, -0.2) is 83.6 Å². The Morgan fingerprint density at radius 2 is 0.667 bits per heavy atom. The molecule has 0 aromatic heterocycles. The fraction of sp³-hybridized carbons (Fsp3) is 0.222. The molecular formula is C36H40AlN4NaO12. The molecule has 4 aromatic rings. The van der Waals surface area contributed by atoms with Crippen LogP contribution in [0.4, 0.5) is 0 Å². The van der Waals surface area contributed by atoms with E-state index in [9.17, 15) is 39.6 Å². The molecule has 0 amide bonds. The predicted molar refractivity (Wildman–Crippen MR) is 188 cm³/mol. The van der Waals surface area contributed by atoms with Gasteiger partial charge in [0, 0.05) is 6.04 Å². The maximum atomic E-state index is 12.7. The number of carboxylic acids is 1. The van der Waals surface area contributed by atoms with Crippen LogP contribution >= 0.6 is 0 Å². The quantitative estimate of drug-likeness (QED) is 0.0543. The van der Waals surface area contributed by atoms with Gasteiger partial charge in [0.2, 0.25) is 0 Å². The molecule has 4 aromatic carbocycles. The van der Waals surface area contributed by atoms with Crippen LogP contribution in [0.25, 0.3) is 0 Å². The molecule has 4 atom stereocenters. The van der Waals surface area contributed by atoms with Crippen LogP contribution in [-0.2, 0) is 56.2 Å². The van der Waals surface area contributed by atoms with E-state index in [4.69, 9.17) is 39.4 Å². The summed E-state index contributed by atoms with van der Waals surface area (Å²) in [6, 6.07) is 19.6. The van der Waals surface area contributed by atoms with Gasteiger partial charge in [0.15, 0.2) is 0 Å². The topological polar surface area (TPSA) is 304 Å². The van der Waals surface area contributed by atoms with E-state index < -0.39 is 63.2 Å². The Kier molecular flexibility index (Phi) is 19.0. The number of carboxylic acid groups (broad SMARTS) is 1. The van der Waals surface area contributed by atoms with Crippen molar-refractivity contribution >= 4 is 39.0 Å². The minimum atomic E-state index is -3.83. The zero-order chi connectivity index (χ0) is 39.1. The van der Waals surface area contributed by atoms with Gasteiger partial charge >= 0.3 is 44.7 Å². The molecule has 0 heterocycles. The minimum absolute atomic E-state index is 0. The third-order valence-corrected chi connectivity index (χ3v) is 8.69. The molecule has 0 saturated carbocycles. The second kappa shape index (κ2) is 22.5. The van der Waals surface area contributed by atoms with Gasteiger partial charge in [-0.25, -0.2) is 0 Å². The third kappa shape index (κ3) is 16.1. The van der Waals surface area contributed by atoms with Crippen molar-refractivity contribution in [1.82, 2.24) is 0 Å². The van der Waals surface area contributed by atoms with Crippen molar-refractivity contribution in [1.29, 1.82) is 0 Å². The zero-order valence-electron chi connectivity index (χ0n) is 29.3. The molecule has 12 N–H and O–H groups in total. The van der Waals surface area contributed by atoms with E-state index in [1.54, 1.807) is 48.5 Å². The summed E-state index contributed by atoms with van der Waals surface area (Å²) in [6.07, 6.45) is 0.303. The van der Waals surface area contributed by atoms with Gasteiger partial charge < -0.3 is 64.6 Å². The Labute approximate surface area is 337 Å². The number of aromatic hydroxyl groups is 4. The van der Waals surface area contributed by atoms with Crippen molar-refractivity contribution in [2.75, 3.05) is 0 Å². The number of hydrogen-bond acceptors (Lipinski definition) is 16. The molecular weight excluding hydrogens is 730 g/mol. The SMILES string of the molecule is N[C@@H](Cc1ccc(O)cc1)C(=O)[O-].N[C@@H](Cc1ccc(O)cc1)C(=O)[O][Al]([O]C(=O)[C@@H](N)Cc1ccc(O)cc1)[O]C(=O)[C@@H](N)Cc1ccc(O)cc1.[Na+]. The first-order valence-electron chi connectivity index (χ1n) is 16.1.